The van der Waals surface area contributed by atoms with Crippen LogP contribution in [0.5, 0.6) is 0 Å². The highest BCUT2D eigenvalue weighted by atomic mass is 32.1. The first-order valence-corrected chi connectivity index (χ1v) is 14.2. The van der Waals surface area contributed by atoms with Crippen LogP contribution < -0.4 is 0 Å². The molecule has 33 heavy (non-hydrogen) atoms. The average Bonchev–Trinajstić information content (AvgIpc) is 2.77. The van der Waals surface area contributed by atoms with E-state index in [0.29, 0.717) is 44.6 Å². The molecule has 1 aliphatic heterocycles. The zero-order valence-corrected chi connectivity index (χ0v) is 21.7. The van der Waals surface area contributed by atoms with Crippen molar-refractivity contribution in [3.8, 4) is 0 Å². The van der Waals surface area contributed by atoms with Crippen LogP contribution in [0, 0.1) is 29.6 Å². The Hall–Kier alpha value is 0.420. The number of hydrogen-bond donors (Lipinski definition) is 1. The molecular formula is C25H41F4O2PS. The van der Waals surface area contributed by atoms with Crippen LogP contribution in [0.25, 0.3) is 0 Å². The second kappa shape index (κ2) is 11.2. The van der Waals surface area contributed by atoms with Gasteiger partial charge >= 0.3 is 6.11 Å². The number of hydrogen-bond acceptors (Lipinski definition) is 3. The molecule has 10 unspecified atom stereocenters. The maximum Gasteiger partial charge on any atom is 0.358 e. The van der Waals surface area contributed by atoms with Crippen molar-refractivity contribution in [2.24, 2.45) is 29.6 Å². The summed E-state index contributed by atoms with van der Waals surface area (Å²) in [6.45, 7) is 2.55. The molecule has 0 N–H and O–H groups in total. The highest BCUT2D eigenvalue weighted by Crippen LogP contribution is 2.47. The lowest BCUT2D eigenvalue weighted by Crippen LogP contribution is -2.44. The van der Waals surface area contributed by atoms with E-state index in [1.54, 1.807) is 0 Å². The van der Waals surface area contributed by atoms with Crippen LogP contribution in [-0.2, 0) is 9.47 Å². The first-order valence-electron chi connectivity index (χ1n) is 13.0. The molecule has 4 aliphatic rings. The van der Waals surface area contributed by atoms with Gasteiger partial charge in [0.2, 0.25) is 0 Å². The van der Waals surface area contributed by atoms with Crippen LogP contribution in [0.1, 0.15) is 77.6 Å². The van der Waals surface area contributed by atoms with Gasteiger partial charge in [-0.25, -0.2) is 8.78 Å². The predicted molar refractivity (Wildman–Crippen MR) is 130 cm³/mol. The highest BCUT2D eigenvalue weighted by Gasteiger charge is 2.48. The van der Waals surface area contributed by atoms with Gasteiger partial charge in [0, 0.05) is 11.7 Å². The van der Waals surface area contributed by atoms with Crippen LogP contribution in [0.4, 0.5) is 17.6 Å². The SMILES string of the molecule is CC1C(F)CC(C2CCC(OC(F)(F)C3CCC(C4CCC(S)CO4)CC3)CC2F)CC1P. The lowest BCUT2D eigenvalue weighted by Gasteiger charge is -2.43. The smallest absolute Gasteiger partial charge is 0.358 e. The van der Waals surface area contributed by atoms with E-state index < -0.39 is 30.5 Å². The molecule has 0 bridgehead atoms. The Balaban J connectivity index is 1.24. The number of rotatable bonds is 5. The molecule has 3 aliphatic carbocycles. The van der Waals surface area contributed by atoms with E-state index >= 15 is 13.2 Å². The van der Waals surface area contributed by atoms with Gasteiger partial charge in [-0.2, -0.15) is 21.4 Å². The third-order valence-corrected chi connectivity index (χ3v) is 10.4. The van der Waals surface area contributed by atoms with E-state index in [-0.39, 0.29) is 41.2 Å². The van der Waals surface area contributed by atoms with Gasteiger partial charge < -0.3 is 9.47 Å². The first kappa shape index (κ1) is 26.5. The van der Waals surface area contributed by atoms with E-state index in [1.807, 2.05) is 6.92 Å². The molecule has 0 aromatic carbocycles. The monoisotopic (exact) mass is 512 g/mol. The van der Waals surface area contributed by atoms with Crippen molar-refractivity contribution in [2.75, 3.05) is 6.61 Å². The van der Waals surface area contributed by atoms with Gasteiger partial charge in [0.15, 0.2) is 0 Å². The Labute approximate surface area is 204 Å². The molecule has 192 valence electrons. The predicted octanol–water partition coefficient (Wildman–Crippen LogP) is 7.01. The maximum atomic E-state index is 15.1. The lowest BCUT2D eigenvalue weighted by molar-refractivity contribution is -0.305. The molecule has 10 atom stereocenters. The molecule has 0 aromatic rings. The molecule has 1 heterocycles. The van der Waals surface area contributed by atoms with Crippen LogP contribution in [0.3, 0.4) is 0 Å². The Morgan fingerprint density at radius 1 is 0.879 bits per heavy atom. The molecule has 4 rings (SSSR count). The van der Waals surface area contributed by atoms with Crippen molar-refractivity contribution < 1.29 is 27.0 Å². The third kappa shape index (κ3) is 6.41. The molecule has 4 fully saturated rings. The Kier molecular flexibility index (Phi) is 9.00. The zero-order chi connectivity index (χ0) is 23.8. The topological polar surface area (TPSA) is 18.5 Å². The van der Waals surface area contributed by atoms with E-state index in [2.05, 4.69) is 21.9 Å². The minimum Gasteiger partial charge on any atom is -0.377 e. The Bertz CT molecular complexity index is 616. The molecule has 0 radical (unpaired) electrons. The summed E-state index contributed by atoms with van der Waals surface area (Å²) < 4.78 is 70.6. The van der Waals surface area contributed by atoms with Crippen molar-refractivity contribution in [2.45, 2.75) is 119 Å². The quantitative estimate of drug-likeness (QED) is 0.243. The van der Waals surface area contributed by atoms with E-state index in [4.69, 9.17) is 9.47 Å². The fourth-order valence-electron chi connectivity index (χ4n) is 6.80. The van der Waals surface area contributed by atoms with Crippen LogP contribution in [0.2, 0.25) is 0 Å². The van der Waals surface area contributed by atoms with Crippen molar-refractivity contribution in [1.82, 2.24) is 0 Å². The fraction of sp³-hybridized carbons (Fsp3) is 1.00. The summed E-state index contributed by atoms with van der Waals surface area (Å²) in [6, 6.07) is 0. The first-order chi connectivity index (χ1) is 15.6. The second-order valence-corrected chi connectivity index (χ2v) is 12.9. The molecule has 2 nitrogen and oxygen atoms in total. The molecule has 1 saturated heterocycles. The van der Waals surface area contributed by atoms with E-state index in [0.717, 1.165) is 32.1 Å². The van der Waals surface area contributed by atoms with Crippen LogP contribution in [0.15, 0.2) is 0 Å². The summed E-state index contributed by atoms with van der Waals surface area (Å²) >= 11 is 4.45. The van der Waals surface area contributed by atoms with E-state index in [1.165, 1.54) is 0 Å². The zero-order valence-electron chi connectivity index (χ0n) is 19.7. The maximum absolute atomic E-state index is 15.1. The Morgan fingerprint density at radius 3 is 2.21 bits per heavy atom. The van der Waals surface area contributed by atoms with Crippen LogP contribution in [-0.4, -0.2) is 48.2 Å². The summed E-state index contributed by atoms with van der Waals surface area (Å²) in [5.41, 5.74) is 0.151. The third-order valence-electron chi connectivity index (χ3n) is 9.11. The van der Waals surface area contributed by atoms with Crippen molar-refractivity contribution in [1.29, 1.82) is 0 Å². The summed E-state index contributed by atoms with van der Waals surface area (Å²) in [5, 5.41) is 0.284. The normalized spacial score (nSPS) is 47.9. The van der Waals surface area contributed by atoms with Crippen molar-refractivity contribution in [3.05, 3.63) is 0 Å². The van der Waals surface area contributed by atoms with Gasteiger partial charge in [-0.15, -0.1) is 9.24 Å². The number of ether oxygens (including phenoxy) is 2. The number of thiol groups is 1. The van der Waals surface area contributed by atoms with Gasteiger partial charge in [-0.1, -0.05) is 6.92 Å². The summed E-state index contributed by atoms with van der Waals surface area (Å²) in [6.07, 6.45) is 0.468. The molecule has 8 heteroatoms. The Morgan fingerprint density at radius 2 is 1.61 bits per heavy atom. The molecule has 0 spiro atoms. The number of halogens is 4. The molecule has 0 aromatic heterocycles. The largest absolute Gasteiger partial charge is 0.377 e. The highest BCUT2D eigenvalue weighted by molar-refractivity contribution is 7.81. The van der Waals surface area contributed by atoms with Crippen molar-refractivity contribution >= 4 is 21.9 Å². The van der Waals surface area contributed by atoms with Crippen molar-refractivity contribution in [3.63, 3.8) is 0 Å². The summed E-state index contributed by atoms with van der Waals surface area (Å²) in [5.74, 6) is -0.750. The molecule has 0 amide bonds. The molecular weight excluding hydrogens is 471 g/mol. The standard InChI is InChI=1S/C25H41F4O2PS/c1-14-21(26)10-16(11-24(14)32)20-8-6-18(12-22(20)27)31-25(28,29)17-4-2-15(3-5-17)23-9-7-19(33)13-30-23/h14-24,33H,2-13,32H2,1H3. The lowest BCUT2D eigenvalue weighted by atomic mass is 9.69. The average molecular weight is 513 g/mol. The van der Waals surface area contributed by atoms with Gasteiger partial charge in [0.25, 0.3) is 0 Å². The number of alkyl halides is 4. The molecule has 3 saturated carbocycles. The minimum atomic E-state index is -3.22. The second-order valence-electron chi connectivity index (χ2n) is 11.3. The van der Waals surface area contributed by atoms with E-state index in [9.17, 15) is 4.39 Å². The van der Waals surface area contributed by atoms with Gasteiger partial charge in [-0.05, 0) is 93.5 Å². The van der Waals surface area contributed by atoms with Gasteiger partial charge in [0.1, 0.15) is 12.3 Å². The van der Waals surface area contributed by atoms with Crippen LogP contribution >= 0.6 is 21.9 Å². The van der Waals surface area contributed by atoms with Gasteiger partial charge in [0.05, 0.1) is 24.7 Å². The van der Waals surface area contributed by atoms with Gasteiger partial charge in [-0.3, -0.25) is 0 Å². The fourth-order valence-corrected chi connectivity index (χ4v) is 7.62. The summed E-state index contributed by atoms with van der Waals surface area (Å²) in [4.78, 5) is 0. The minimum absolute atomic E-state index is 0.000933. The summed E-state index contributed by atoms with van der Waals surface area (Å²) in [7, 11) is 2.71.